The summed E-state index contributed by atoms with van der Waals surface area (Å²) in [7, 11) is -3.84. The molecule has 1 aliphatic rings. The molecule has 1 unspecified atom stereocenters. The maximum Gasteiger partial charge on any atom is 0.244 e. The van der Waals surface area contributed by atoms with Gasteiger partial charge in [0.2, 0.25) is 10.0 Å². The molecule has 124 valence electrons. The van der Waals surface area contributed by atoms with Gasteiger partial charge >= 0.3 is 0 Å². The second kappa shape index (κ2) is 6.30. The van der Waals surface area contributed by atoms with Crippen LogP contribution in [0.15, 0.2) is 65.6 Å². The van der Waals surface area contributed by atoms with E-state index in [4.69, 9.17) is 0 Å². The van der Waals surface area contributed by atoms with Crippen LogP contribution in [0.5, 0.6) is 0 Å². The van der Waals surface area contributed by atoms with Crippen molar-refractivity contribution in [3.8, 4) is 0 Å². The maximum absolute atomic E-state index is 13.9. The first-order chi connectivity index (χ1) is 11.4. The molecule has 2 aromatic carbocycles. The SMILES string of the molecule is Cc1ccc(S(=O)(=O)N2CC=CC2C(=O)c2ccccc2F)cc1. The van der Waals surface area contributed by atoms with Crippen molar-refractivity contribution in [1.82, 2.24) is 4.31 Å². The third-order valence-corrected chi connectivity index (χ3v) is 5.81. The van der Waals surface area contributed by atoms with Crippen molar-refractivity contribution < 1.29 is 17.6 Å². The van der Waals surface area contributed by atoms with E-state index in [1.54, 1.807) is 24.3 Å². The van der Waals surface area contributed by atoms with Crippen molar-refractivity contribution in [2.24, 2.45) is 0 Å². The Morgan fingerprint density at radius 1 is 1.12 bits per heavy atom. The summed E-state index contributed by atoms with van der Waals surface area (Å²) in [6.07, 6.45) is 3.11. The minimum atomic E-state index is -3.84. The molecule has 1 aliphatic heterocycles. The van der Waals surface area contributed by atoms with Gasteiger partial charge in [-0.05, 0) is 31.2 Å². The van der Waals surface area contributed by atoms with E-state index in [-0.39, 0.29) is 17.0 Å². The number of benzene rings is 2. The fourth-order valence-corrected chi connectivity index (χ4v) is 4.13. The lowest BCUT2D eigenvalue weighted by Crippen LogP contribution is -2.41. The number of Topliss-reactive ketones (excluding diaryl/α,β-unsaturated/α-hetero) is 1. The van der Waals surface area contributed by atoms with Crippen molar-refractivity contribution in [3.05, 3.63) is 77.6 Å². The minimum Gasteiger partial charge on any atom is -0.292 e. The van der Waals surface area contributed by atoms with Gasteiger partial charge in [0, 0.05) is 6.54 Å². The van der Waals surface area contributed by atoms with E-state index in [1.165, 1.54) is 36.4 Å². The molecule has 24 heavy (non-hydrogen) atoms. The van der Waals surface area contributed by atoms with Crippen LogP contribution in [-0.2, 0) is 10.0 Å². The Labute approximate surface area is 140 Å². The first-order valence-electron chi connectivity index (χ1n) is 7.45. The first kappa shape index (κ1) is 16.5. The van der Waals surface area contributed by atoms with E-state index in [0.717, 1.165) is 9.87 Å². The van der Waals surface area contributed by atoms with Gasteiger partial charge in [-0.3, -0.25) is 4.79 Å². The number of carbonyl (C=O) groups excluding carboxylic acids is 1. The van der Waals surface area contributed by atoms with Crippen molar-refractivity contribution in [2.45, 2.75) is 17.9 Å². The van der Waals surface area contributed by atoms with Gasteiger partial charge < -0.3 is 0 Å². The zero-order valence-electron chi connectivity index (χ0n) is 13.0. The Morgan fingerprint density at radius 3 is 2.46 bits per heavy atom. The van der Waals surface area contributed by atoms with E-state index in [9.17, 15) is 17.6 Å². The van der Waals surface area contributed by atoms with E-state index in [0.29, 0.717) is 0 Å². The van der Waals surface area contributed by atoms with Crippen LogP contribution in [-0.4, -0.2) is 31.1 Å². The number of rotatable bonds is 4. The van der Waals surface area contributed by atoms with Crippen molar-refractivity contribution in [1.29, 1.82) is 0 Å². The normalized spacial score (nSPS) is 18.0. The quantitative estimate of drug-likeness (QED) is 0.632. The summed E-state index contributed by atoms with van der Waals surface area (Å²) in [5.74, 6) is -1.23. The van der Waals surface area contributed by atoms with Crippen molar-refractivity contribution in [2.75, 3.05) is 6.54 Å². The third-order valence-electron chi connectivity index (χ3n) is 3.95. The van der Waals surface area contributed by atoms with E-state index >= 15 is 0 Å². The molecule has 1 atom stereocenters. The van der Waals surface area contributed by atoms with E-state index < -0.39 is 27.7 Å². The predicted molar refractivity (Wildman–Crippen MR) is 88.7 cm³/mol. The maximum atomic E-state index is 13.9. The molecule has 4 nitrogen and oxygen atoms in total. The molecule has 0 amide bonds. The fourth-order valence-electron chi connectivity index (χ4n) is 2.64. The van der Waals surface area contributed by atoms with Gasteiger partial charge in [0.25, 0.3) is 0 Å². The van der Waals surface area contributed by atoms with E-state index in [2.05, 4.69) is 0 Å². The molecule has 0 fully saturated rings. The Hall–Kier alpha value is -2.31. The van der Waals surface area contributed by atoms with Gasteiger partial charge in [0.15, 0.2) is 5.78 Å². The van der Waals surface area contributed by atoms with Gasteiger partial charge in [-0.15, -0.1) is 0 Å². The number of sulfonamides is 1. The molecule has 2 aromatic rings. The summed E-state index contributed by atoms with van der Waals surface area (Å²) >= 11 is 0. The first-order valence-corrected chi connectivity index (χ1v) is 8.89. The van der Waals surface area contributed by atoms with Gasteiger partial charge in [-0.2, -0.15) is 4.31 Å². The predicted octanol–water partition coefficient (Wildman–Crippen LogP) is 2.95. The second-order valence-corrected chi connectivity index (χ2v) is 7.50. The highest BCUT2D eigenvalue weighted by Gasteiger charge is 2.37. The van der Waals surface area contributed by atoms with Crippen molar-refractivity contribution in [3.63, 3.8) is 0 Å². The summed E-state index contributed by atoms with van der Waals surface area (Å²) in [6, 6.07) is 11.0. The molecular formula is C18H16FNO3S. The number of carbonyl (C=O) groups is 1. The van der Waals surface area contributed by atoms with Crippen LogP contribution in [0.2, 0.25) is 0 Å². The van der Waals surface area contributed by atoms with Crippen molar-refractivity contribution >= 4 is 15.8 Å². The van der Waals surface area contributed by atoms with Crippen LogP contribution >= 0.6 is 0 Å². The Kier molecular flexibility index (Phi) is 4.34. The summed E-state index contributed by atoms with van der Waals surface area (Å²) in [5.41, 5.74) is 0.825. The average Bonchev–Trinajstić information content (AvgIpc) is 3.05. The number of hydrogen-bond acceptors (Lipinski definition) is 3. The third kappa shape index (κ3) is 2.90. The van der Waals surface area contributed by atoms with Gasteiger partial charge in [-0.1, -0.05) is 42.0 Å². The Balaban J connectivity index is 1.95. The molecule has 0 saturated heterocycles. The highest BCUT2D eigenvalue weighted by atomic mass is 32.2. The number of halogens is 1. The zero-order valence-corrected chi connectivity index (χ0v) is 13.8. The lowest BCUT2D eigenvalue weighted by molar-refractivity contribution is 0.0933. The van der Waals surface area contributed by atoms with Gasteiger partial charge in [0.05, 0.1) is 10.5 Å². The molecule has 0 spiro atoms. The van der Waals surface area contributed by atoms with E-state index in [1.807, 2.05) is 6.92 Å². The summed E-state index contributed by atoms with van der Waals surface area (Å²) in [5, 5.41) is 0. The molecule has 0 bridgehead atoms. The van der Waals surface area contributed by atoms with Gasteiger partial charge in [-0.25, -0.2) is 12.8 Å². The summed E-state index contributed by atoms with van der Waals surface area (Å²) in [4.78, 5) is 12.7. The topological polar surface area (TPSA) is 54.5 Å². The standard InChI is InChI=1S/C18H16FNO3S/c1-13-8-10-14(11-9-13)24(22,23)20-12-4-7-17(20)18(21)15-5-2-3-6-16(15)19/h2-11,17H,12H2,1H3. The molecule has 0 saturated carbocycles. The Bertz CT molecular complexity index is 904. The molecule has 3 rings (SSSR count). The second-order valence-electron chi connectivity index (χ2n) is 5.60. The lowest BCUT2D eigenvalue weighted by atomic mass is 10.0. The summed E-state index contributed by atoms with van der Waals surface area (Å²) < 4.78 is 40.6. The van der Waals surface area contributed by atoms with Crippen LogP contribution in [0.1, 0.15) is 15.9 Å². The van der Waals surface area contributed by atoms with Crippen LogP contribution < -0.4 is 0 Å². The van der Waals surface area contributed by atoms with Gasteiger partial charge in [0.1, 0.15) is 11.9 Å². The highest BCUT2D eigenvalue weighted by molar-refractivity contribution is 7.89. The Morgan fingerprint density at radius 2 is 1.79 bits per heavy atom. The van der Waals surface area contributed by atoms with Crippen LogP contribution in [0.4, 0.5) is 4.39 Å². The lowest BCUT2D eigenvalue weighted by Gasteiger charge is -2.23. The van der Waals surface area contributed by atoms with Crippen LogP contribution in [0, 0.1) is 12.7 Å². The number of aryl methyl sites for hydroxylation is 1. The highest BCUT2D eigenvalue weighted by Crippen LogP contribution is 2.25. The van der Waals surface area contributed by atoms with Crippen LogP contribution in [0.25, 0.3) is 0 Å². The largest absolute Gasteiger partial charge is 0.292 e. The smallest absolute Gasteiger partial charge is 0.244 e. The molecule has 0 aliphatic carbocycles. The molecular weight excluding hydrogens is 329 g/mol. The summed E-state index contributed by atoms with van der Waals surface area (Å²) in [6.45, 7) is 1.94. The van der Waals surface area contributed by atoms with Crippen LogP contribution in [0.3, 0.4) is 0 Å². The minimum absolute atomic E-state index is 0.0844. The number of hydrogen-bond donors (Lipinski definition) is 0. The molecule has 6 heteroatoms. The number of nitrogens with zero attached hydrogens (tertiary/aromatic N) is 1. The average molecular weight is 345 g/mol. The zero-order chi connectivity index (χ0) is 17.3. The number of ketones is 1. The fraction of sp³-hybridized carbons (Fsp3) is 0.167. The molecule has 0 radical (unpaired) electrons. The molecule has 0 N–H and O–H groups in total. The molecule has 0 aromatic heterocycles. The monoisotopic (exact) mass is 345 g/mol. The molecule has 1 heterocycles.